The van der Waals surface area contributed by atoms with Crippen LogP contribution in [0.1, 0.15) is 38.5 Å². The Labute approximate surface area is 156 Å². The lowest BCUT2D eigenvalue weighted by Crippen LogP contribution is -2.53. The molecule has 0 bridgehead atoms. The fourth-order valence-corrected chi connectivity index (χ4v) is 3.83. The monoisotopic (exact) mass is 442 g/mol. The second-order valence-electron chi connectivity index (χ2n) is 6.44. The lowest BCUT2D eigenvalue weighted by molar-refractivity contribution is -0.159. The molecule has 1 aliphatic heterocycles. The summed E-state index contributed by atoms with van der Waals surface area (Å²) in [5.41, 5.74) is 0.743. The topological polar surface area (TPSA) is 58.6 Å². The molecule has 5 nitrogen and oxygen atoms in total. The number of nitrogens with one attached hydrogen (secondary N) is 1. The Balaban J connectivity index is 1.56. The highest BCUT2D eigenvalue weighted by Crippen LogP contribution is 2.25. The van der Waals surface area contributed by atoms with Gasteiger partial charge in [-0.1, -0.05) is 19.3 Å². The molecule has 1 aromatic rings. The standard InChI is InChI=1S/C18H23IN2O3/c19-13-6-8-14(9-7-13)20-17(22)12-16-18(23)21(10-11-24-16)15-4-2-1-3-5-15/h6-9,15-16H,1-5,10-12H2,(H,20,22). The largest absolute Gasteiger partial charge is 0.366 e. The van der Waals surface area contributed by atoms with Gasteiger partial charge in [0.25, 0.3) is 5.91 Å². The van der Waals surface area contributed by atoms with E-state index in [2.05, 4.69) is 27.9 Å². The van der Waals surface area contributed by atoms with Gasteiger partial charge in [0.05, 0.1) is 13.0 Å². The van der Waals surface area contributed by atoms with Gasteiger partial charge in [-0.25, -0.2) is 0 Å². The zero-order valence-electron chi connectivity index (χ0n) is 13.7. The van der Waals surface area contributed by atoms with E-state index in [1.807, 2.05) is 29.2 Å². The molecule has 2 fully saturated rings. The number of halogens is 1. The van der Waals surface area contributed by atoms with E-state index in [4.69, 9.17) is 4.74 Å². The van der Waals surface area contributed by atoms with Crippen molar-refractivity contribution in [2.24, 2.45) is 0 Å². The first-order valence-electron chi connectivity index (χ1n) is 8.61. The number of morpholine rings is 1. The van der Waals surface area contributed by atoms with E-state index in [0.717, 1.165) is 22.1 Å². The summed E-state index contributed by atoms with van der Waals surface area (Å²) in [6, 6.07) is 7.92. The van der Waals surface area contributed by atoms with Crippen LogP contribution >= 0.6 is 22.6 Å². The molecule has 2 amide bonds. The number of carbonyl (C=O) groups excluding carboxylic acids is 2. The lowest BCUT2D eigenvalue weighted by atomic mass is 9.93. The van der Waals surface area contributed by atoms with Gasteiger partial charge in [0, 0.05) is 21.8 Å². The van der Waals surface area contributed by atoms with Crippen molar-refractivity contribution < 1.29 is 14.3 Å². The van der Waals surface area contributed by atoms with Gasteiger partial charge in [0.1, 0.15) is 6.10 Å². The molecule has 1 heterocycles. The van der Waals surface area contributed by atoms with Gasteiger partial charge in [-0.2, -0.15) is 0 Å². The van der Waals surface area contributed by atoms with Crippen LogP contribution in [0.2, 0.25) is 0 Å². The summed E-state index contributed by atoms with van der Waals surface area (Å²) in [5, 5.41) is 2.84. The molecule has 1 unspecified atom stereocenters. The molecule has 1 saturated carbocycles. The Morgan fingerprint density at radius 3 is 2.62 bits per heavy atom. The van der Waals surface area contributed by atoms with Crippen molar-refractivity contribution in [1.82, 2.24) is 4.90 Å². The molecular weight excluding hydrogens is 419 g/mol. The first-order chi connectivity index (χ1) is 11.6. The predicted molar refractivity (Wildman–Crippen MR) is 101 cm³/mol. The molecule has 1 N–H and O–H groups in total. The average molecular weight is 442 g/mol. The molecule has 130 valence electrons. The van der Waals surface area contributed by atoms with E-state index < -0.39 is 6.10 Å². The van der Waals surface area contributed by atoms with Gasteiger partial charge in [-0.05, 0) is 59.7 Å². The summed E-state index contributed by atoms with van der Waals surface area (Å²) < 4.78 is 6.70. The Morgan fingerprint density at radius 1 is 1.21 bits per heavy atom. The summed E-state index contributed by atoms with van der Waals surface area (Å²) in [4.78, 5) is 26.9. The number of hydrogen-bond acceptors (Lipinski definition) is 3. The minimum Gasteiger partial charge on any atom is -0.366 e. The fraction of sp³-hybridized carbons (Fsp3) is 0.556. The number of hydrogen-bond donors (Lipinski definition) is 1. The van der Waals surface area contributed by atoms with Gasteiger partial charge >= 0.3 is 0 Å². The van der Waals surface area contributed by atoms with Gasteiger partial charge in [0.2, 0.25) is 5.91 Å². The Morgan fingerprint density at radius 2 is 1.92 bits per heavy atom. The molecule has 1 aliphatic carbocycles. The van der Waals surface area contributed by atoms with Gasteiger partial charge < -0.3 is 15.0 Å². The van der Waals surface area contributed by atoms with E-state index >= 15 is 0 Å². The van der Waals surface area contributed by atoms with E-state index in [9.17, 15) is 9.59 Å². The fourth-order valence-electron chi connectivity index (χ4n) is 3.47. The van der Waals surface area contributed by atoms with Gasteiger partial charge in [0.15, 0.2) is 0 Å². The summed E-state index contributed by atoms with van der Waals surface area (Å²) in [5.74, 6) is -0.203. The van der Waals surface area contributed by atoms with Crippen molar-refractivity contribution in [3.8, 4) is 0 Å². The van der Waals surface area contributed by atoms with E-state index in [0.29, 0.717) is 19.2 Å². The average Bonchev–Trinajstić information content (AvgIpc) is 2.59. The third-order valence-electron chi connectivity index (χ3n) is 4.72. The van der Waals surface area contributed by atoms with E-state index in [-0.39, 0.29) is 18.2 Å². The molecular formula is C18H23IN2O3. The molecule has 1 saturated heterocycles. The highest BCUT2D eigenvalue weighted by molar-refractivity contribution is 14.1. The second kappa shape index (κ2) is 8.29. The predicted octanol–water partition coefficient (Wildman–Crippen LogP) is 3.18. The SMILES string of the molecule is O=C(CC1OCCN(C2CCCCC2)C1=O)Nc1ccc(I)cc1. The molecule has 1 atom stereocenters. The number of carbonyl (C=O) groups is 2. The van der Waals surface area contributed by atoms with Gasteiger partial charge in [-0.15, -0.1) is 0 Å². The molecule has 1 aromatic carbocycles. The smallest absolute Gasteiger partial charge is 0.252 e. The Kier molecular flexibility index (Phi) is 6.10. The van der Waals surface area contributed by atoms with Crippen LogP contribution in [-0.4, -0.2) is 42.0 Å². The van der Waals surface area contributed by atoms with E-state index in [1.54, 1.807) is 0 Å². The molecule has 2 aliphatic rings. The van der Waals surface area contributed by atoms with Crippen LogP contribution in [-0.2, 0) is 14.3 Å². The van der Waals surface area contributed by atoms with Crippen LogP contribution in [0.25, 0.3) is 0 Å². The van der Waals surface area contributed by atoms with Crippen LogP contribution in [0, 0.1) is 3.57 Å². The number of rotatable bonds is 4. The maximum Gasteiger partial charge on any atom is 0.252 e. The highest BCUT2D eigenvalue weighted by atomic mass is 127. The molecule has 0 spiro atoms. The van der Waals surface area contributed by atoms with Crippen molar-refractivity contribution in [2.75, 3.05) is 18.5 Å². The van der Waals surface area contributed by atoms with Gasteiger partial charge in [-0.3, -0.25) is 9.59 Å². The maximum atomic E-state index is 12.7. The summed E-state index contributed by atoms with van der Waals surface area (Å²) >= 11 is 2.22. The zero-order chi connectivity index (χ0) is 16.9. The van der Waals surface area contributed by atoms with Crippen LogP contribution in [0.5, 0.6) is 0 Å². The number of ether oxygens (including phenoxy) is 1. The van der Waals surface area contributed by atoms with Crippen LogP contribution in [0.4, 0.5) is 5.69 Å². The third kappa shape index (κ3) is 4.47. The first kappa shape index (κ1) is 17.7. The lowest BCUT2D eigenvalue weighted by Gasteiger charge is -2.39. The van der Waals surface area contributed by atoms with E-state index in [1.165, 1.54) is 19.3 Å². The molecule has 0 radical (unpaired) electrons. The minimum absolute atomic E-state index is 0.0223. The second-order valence-corrected chi connectivity index (χ2v) is 7.69. The van der Waals surface area contributed by atoms with Crippen molar-refractivity contribution in [2.45, 2.75) is 50.7 Å². The van der Waals surface area contributed by atoms with Crippen LogP contribution < -0.4 is 5.32 Å². The van der Waals surface area contributed by atoms with Crippen molar-refractivity contribution in [3.63, 3.8) is 0 Å². The molecule has 6 heteroatoms. The Hall–Kier alpha value is -1.15. The van der Waals surface area contributed by atoms with Crippen molar-refractivity contribution >= 4 is 40.1 Å². The van der Waals surface area contributed by atoms with Crippen LogP contribution in [0.3, 0.4) is 0 Å². The minimum atomic E-state index is -0.649. The maximum absolute atomic E-state index is 12.7. The summed E-state index contributed by atoms with van der Waals surface area (Å²) in [6.45, 7) is 1.17. The number of nitrogens with zero attached hydrogens (tertiary/aromatic N) is 1. The summed E-state index contributed by atoms with van der Waals surface area (Å²) in [6.07, 6.45) is 5.22. The van der Waals surface area contributed by atoms with Crippen LogP contribution in [0.15, 0.2) is 24.3 Å². The quantitative estimate of drug-likeness (QED) is 0.729. The van der Waals surface area contributed by atoms with Crippen molar-refractivity contribution in [3.05, 3.63) is 27.8 Å². The number of benzene rings is 1. The summed E-state index contributed by atoms with van der Waals surface area (Å²) in [7, 11) is 0. The highest BCUT2D eigenvalue weighted by Gasteiger charge is 2.35. The first-order valence-corrected chi connectivity index (χ1v) is 9.69. The number of amides is 2. The normalized spacial score (nSPS) is 22.5. The Bertz CT molecular complexity index is 584. The molecule has 24 heavy (non-hydrogen) atoms. The molecule has 3 rings (SSSR count). The third-order valence-corrected chi connectivity index (χ3v) is 5.44. The zero-order valence-corrected chi connectivity index (χ0v) is 15.8. The van der Waals surface area contributed by atoms with Crippen molar-refractivity contribution in [1.29, 1.82) is 0 Å². The molecule has 0 aromatic heterocycles. The number of anilines is 1.